The Morgan fingerprint density at radius 3 is 3.00 bits per heavy atom. The van der Waals surface area contributed by atoms with Gasteiger partial charge in [0, 0.05) is 13.3 Å². The molecule has 0 saturated heterocycles. The highest BCUT2D eigenvalue weighted by Crippen LogP contribution is 2.10. The highest BCUT2D eigenvalue weighted by molar-refractivity contribution is 6.30. The number of halogens is 1. The van der Waals surface area contributed by atoms with Crippen molar-refractivity contribution in [1.29, 1.82) is 0 Å². The molecule has 0 aromatic carbocycles. The van der Waals surface area contributed by atoms with Crippen LogP contribution < -0.4 is 0 Å². The number of methoxy groups -OCH3 is 1. The molecule has 62 valence electrons. The molecule has 0 amide bonds. The van der Waals surface area contributed by atoms with Crippen LogP contribution in [0.15, 0.2) is 12.4 Å². The zero-order chi connectivity index (χ0) is 8.27. The monoisotopic (exact) mass is 174 g/mol. The first-order valence-electron chi connectivity index (χ1n) is 3.42. The Hall–Kier alpha value is -0.540. The van der Waals surface area contributed by atoms with Gasteiger partial charge in [-0.05, 0) is 6.92 Å². The van der Waals surface area contributed by atoms with Crippen LogP contribution in [0.4, 0.5) is 0 Å². The molecule has 1 aromatic rings. The fourth-order valence-corrected chi connectivity index (χ4v) is 1.02. The Morgan fingerprint density at radius 2 is 2.55 bits per heavy atom. The summed E-state index contributed by atoms with van der Waals surface area (Å²) in [5.74, 6) is 0. The molecule has 0 radical (unpaired) electrons. The molecule has 0 fully saturated rings. The van der Waals surface area contributed by atoms with Gasteiger partial charge in [-0.3, -0.25) is 4.68 Å². The third-order valence-electron chi connectivity index (χ3n) is 1.43. The summed E-state index contributed by atoms with van der Waals surface area (Å²) in [6.07, 6.45) is 3.40. The highest BCUT2D eigenvalue weighted by atomic mass is 35.5. The molecule has 1 rings (SSSR count). The lowest BCUT2D eigenvalue weighted by atomic mass is 10.4. The molecule has 0 aliphatic carbocycles. The zero-order valence-corrected chi connectivity index (χ0v) is 7.38. The molecule has 3 nitrogen and oxygen atoms in total. The molecule has 1 atom stereocenters. The summed E-state index contributed by atoms with van der Waals surface area (Å²) in [6, 6.07) is 0.243. The molecular formula is C7H11ClN2O. The maximum Gasteiger partial charge on any atom is 0.0785 e. The summed E-state index contributed by atoms with van der Waals surface area (Å²) in [5, 5.41) is 4.70. The molecule has 0 spiro atoms. The van der Waals surface area contributed by atoms with Crippen molar-refractivity contribution in [2.45, 2.75) is 13.0 Å². The number of rotatable bonds is 3. The number of nitrogens with zero attached hydrogens (tertiary/aromatic N) is 2. The lowest BCUT2D eigenvalue weighted by Gasteiger charge is -2.09. The molecule has 0 unspecified atom stereocenters. The smallest absolute Gasteiger partial charge is 0.0785 e. The summed E-state index contributed by atoms with van der Waals surface area (Å²) in [7, 11) is 1.67. The van der Waals surface area contributed by atoms with E-state index in [4.69, 9.17) is 16.3 Å². The Balaban J connectivity index is 2.60. The van der Waals surface area contributed by atoms with Crippen molar-refractivity contribution in [2.24, 2.45) is 0 Å². The summed E-state index contributed by atoms with van der Waals surface area (Å²) < 4.78 is 6.75. The molecule has 11 heavy (non-hydrogen) atoms. The van der Waals surface area contributed by atoms with Crippen LogP contribution in [0.2, 0.25) is 5.02 Å². The summed E-state index contributed by atoms with van der Waals surface area (Å²) >= 11 is 5.68. The Bertz CT molecular complexity index is 224. The van der Waals surface area contributed by atoms with Crippen molar-refractivity contribution in [2.75, 3.05) is 13.7 Å². The van der Waals surface area contributed by atoms with Crippen LogP contribution in [0.25, 0.3) is 0 Å². The van der Waals surface area contributed by atoms with Crippen molar-refractivity contribution in [1.82, 2.24) is 9.78 Å². The van der Waals surface area contributed by atoms with E-state index in [2.05, 4.69) is 5.10 Å². The van der Waals surface area contributed by atoms with E-state index in [0.29, 0.717) is 11.6 Å². The molecule has 4 heteroatoms. The molecule has 1 aromatic heterocycles. The average Bonchev–Trinajstić information content (AvgIpc) is 2.36. The van der Waals surface area contributed by atoms with Gasteiger partial charge in [-0.1, -0.05) is 11.6 Å². The van der Waals surface area contributed by atoms with Crippen LogP contribution in [0, 0.1) is 0 Å². The minimum Gasteiger partial charge on any atom is -0.382 e. The normalized spacial score (nSPS) is 13.4. The van der Waals surface area contributed by atoms with Crippen LogP contribution in [-0.2, 0) is 4.74 Å². The van der Waals surface area contributed by atoms with E-state index in [-0.39, 0.29) is 6.04 Å². The van der Waals surface area contributed by atoms with E-state index in [1.165, 1.54) is 0 Å². The van der Waals surface area contributed by atoms with E-state index in [1.807, 2.05) is 6.92 Å². The lowest BCUT2D eigenvalue weighted by molar-refractivity contribution is 0.157. The first-order valence-corrected chi connectivity index (χ1v) is 3.80. The Labute approximate surface area is 70.9 Å². The highest BCUT2D eigenvalue weighted by Gasteiger charge is 2.04. The Kier molecular flexibility index (Phi) is 2.91. The zero-order valence-electron chi connectivity index (χ0n) is 6.62. The van der Waals surface area contributed by atoms with Crippen LogP contribution in [-0.4, -0.2) is 23.5 Å². The summed E-state index contributed by atoms with van der Waals surface area (Å²) in [5.41, 5.74) is 0. The van der Waals surface area contributed by atoms with Gasteiger partial charge in [0.05, 0.1) is 23.9 Å². The van der Waals surface area contributed by atoms with Gasteiger partial charge in [0.15, 0.2) is 0 Å². The molecule has 0 N–H and O–H groups in total. The molecular weight excluding hydrogens is 164 g/mol. The van der Waals surface area contributed by atoms with E-state index in [9.17, 15) is 0 Å². The molecule has 0 aliphatic heterocycles. The second-order valence-corrected chi connectivity index (χ2v) is 2.88. The van der Waals surface area contributed by atoms with Gasteiger partial charge in [-0.2, -0.15) is 5.10 Å². The first kappa shape index (κ1) is 8.56. The predicted octanol–water partition coefficient (Wildman–Crippen LogP) is 1.74. The maximum atomic E-state index is 5.68. The fraction of sp³-hybridized carbons (Fsp3) is 0.571. The van der Waals surface area contributed by atoms with Gasteiger partial charge in [0.1, 0.15) is 0 Å². The predicted molar refractivity (Wildman–Crippen MR) is 43.8 cm³/mol. The van der Waals surface area contributed by atoms with Gasteiger partial charge in [-0.25, -0.2) is 0 Å². The number of aromatic nitrogens is 2. The quantitative estimate of drug-likeness (QED) is 0.698. The second kappa shape index (κ2) is 3.74. The minimum absolute atomic E-state index is 0.243. The topological polar surface area (TPSA) is 27.1 Å². The second-order valence-electron chi connectivity index (χ2n) is 2.44. The van der Waals surface area contributed by atoms with Crippen molar-refractivity contribution in [3.63, 3.8) is 0 Å². The Morgan fingerprint density at radius 1 is 1.82 bits per heavy atom. The minimum atomic E-state index is 0.243. The van der Waals surface area contributed by atoms with Crippen LogP contribution >= 0.6 is 11.6 Å². The van der Waals surface area contributed by atoms with Crippen LogP contribution in [0.1, 0.15) is 13.0 Å². The lowest BCUT2D eigenvalue weighted by Crippen LogP contribution is -2.10. The average molecular weight is 175 g/mol. The SMILES string of the molecule is COC[C@@H](C)n1cc(Cl)cn1. The van der Waals surface area contributed by atoms with E-state index in [1.54, 1.807) is 24.2 Å². The van der Waals surface area contributed by atoms with Crippen molar-refractivity contribution < 1.29 is 4.74 Å². The van der Waals surface area contributed by atoms with E-state index >= 15 is 0 Å². The van der Waals surface area contributed by atoms with Gasteiger partial charge < -0.3 is 4.74 Å². The number of hydrogen-bond donors (Lipinski definition) is 0. The third kappa shape index (κ3) is 2.20. The molecule has 0 saturated carbocycles. The van der Waals surface area contributed by atoms with Crippen LogP contribution in [0.5, 0.6) is 0 Å². The standard InChI is InChI=1S/C7H11ClN2O/c1-6(5-11-2)10-4-7(8)3-9-10/h3-4,6H,5H2,1-2H3/t6-/m1/s1. The fourth-order valence-electron chi connectivity index (χ4n) is 0.873. The summed E-state index contributed by atoms with van der Waals surface area (Å²) in [4.78, 5) is 0. The van der Waals surface area contributed by atoms with Gasteiger partial charge in [0.25, 0.3) is 0 Å². The molecule has 0 aliphatic rings. The van der Waals surface area contributed by atoms with Gasteiger partial charge >= 0.3 is 0 Å². The molecule has 0 bridgehead atoms. The van der Waals surface area contributed by atoms with E-state index < -0.39 is 0 Å². The van der Waals surface area contributed by atoms with Crippen molar-refractivity contribution in [3.05, 3.63) is 17.4 Å². The van der Waals surface area contributed by atoms with Crippen molar-refractivity contribution in [3.8, 4) is 0 Å². The largest absolute Gasteiger partial charge is 0.382 e. The molecule has 1 heterocycles. The van der Waals surface area contributed by atoms with Crippen LogP contribution in [0.3, 0.4) is 0 Å². The first-order chi connectivity index (χ1) is 5.24. The maximum absolute atomic E-state index is 5.68. The summed E-state index contributed by atoms with van der Waals surface area (Å²) in [6.45, 7) is 2.67. The van der Waals surface area contributed by atoms with Crippen molar-refractivity contribution >= 4 is 11.6 Å². The number of ether oxygens (including phenoxy) is 1. The number of hydrogen-bond acceptors (Lipinski definition) is 2. The van der Waals surface area contributed by atoms with Gasteiger partial charge in [0.2, 0.25) is 0 Å². The van der Waals surface area contributed by atoms with E-state index in [0.717, 1.165) is 0 Å². The van der Waals surface area contributed by atoms with Gasteiger partial charge in [-0.15, -0.1) is 0 Å². The third-order valence-corrected chi connectivity index (χ3v) is 1.62.